The molecule has 3 spiro atoms. The first kappa shape index (κ1) is 48.7. The van der Waals surface area contributed by atoms with E-state index in [1.54, 1.807) is 0 Å². The van der Waals surface area contributed by atoms with Crippen molar-refractivity contribution in [1.29, 1.82) is 0 Å². The molecule has 4 bridgehead atoms. The van der Waals surface area contributed by atoms with Crippen molar-refractivity contribution in [2.75, 3.05) is 25.2 Å². The number of ether oxygens (including phenoxy) is 3. The first-order valence-electron chi connectivity index (χ1n) is 28.2. The molecule has 13 nitrogen and oxygen atoms in total. The van der Waals surface area contributed by atoms with Gasteiger partial charge in [-0.1, -0.05) is 64.4 Å². The van der Waals surface area contributed by atoms with Gasteiger partial charge < -0.3 is 60.3 Å². The Kier molecular flexibility index (Phi) is 11.1. The number of carbonyl (C=O) groups is 1. The van der Waals surface area contributed by atoms with Crippen LogP contribution in [-0.4, -0.2) is 120 Å². The van der Waals surface area contributed by atoms with Crippen molar-refractivity contribution in [2.24, 2.45) is 58.2 Å². The van der Waals surface area contributed by atoms with Gasteiger partial charge in [-0.15, -0.1) is 0 Å². The van der Waals surface area contributed by atoms with E-state index in [0.717, 1.165) is 71.6 Å². The van der Waals surface area contributed by atoms with E-state index in [1.807, 2.05) is 77.2 Å². The Morgan fingerprint density at radius 3 is 2.53 bits per heavy atom. The summed E-state index contributed by atoms with van der Waals surface area (Å²) < 4.78 is 21.2. The van der Waals surface area contributed by atoms with Crippen LogP contribution in [0.2, 0.25) is 0 Å². The fraction of sp³-hybridized carbons (Fsp3) is 0.617. The SMILES string of the molecule is CN[C@@H]1CSSC[C@@H]2c3cc(O)ccc3[C@@]34[C@H](CC[C@@]35[C@H](O)[C@H]1C[C@@H]1[C@H]3C[C@@]6(CCC[C@@H]6CCCO)[C@H](O)[C@]6(O)O[C@@H](C(=O)Oc7c(CO)[nH]c8ccc9cc%10ccccc%10cc9c78)[C@H](O[C@H]15)[C@]36O)C[C@H]1CC[C@@H]2[C@@H]14. The molecule has 11 aliphatic rings. The number of carbonyl (C=O) groups excluding carboxylic acids is 1. The molecule has 0 unspecified atom stereocenters. The molecule has 0 radical (unpaired) electrons. The van der Waals surface area contributed by atoms with Crippen molar-refractivity contribution in [2.45, 2.75) is 143 Å². The molecule has 9 fully saturated rings. The third-order valence-electron chi connectivity index (χ3n) is 23.0. The van der Waals surface area contributed by atoms with Crippen LogP contribution in [0.5, 0.6) is 11.5 Å². The van der Waals surface area contributed by atoms with Crippen LogP contribution in [0.25, 0.3) is 32.4 Å². The van der Waals surface area contributed by atoms with Gasteiger partial charge in [0, 0.05) is 52.2 Å². The quantitative estimate of drug-likeness (QED) is 0.0437. The van der Waals surface area contributed by atoms with E-state index in [0.29, 0.717) is 61.3 Å². The highest BCUT2D eigenvalue weighted by molar-refractivity contribution is 8.76. The number of phenolic OH excluding ortho intramolecular Hbond substituents is 1. The second-order valence-corrected chi connectivity index (χ2v) is 27.7. The predicted molar refractivity (Wildman–Crippen MR) is 286 cm³/mol. The molecular formula is C60H70N2O11S2. The Labute approximate surface area is 444 Å². The van der Waals surface area contributed by atoms with E-state index in [1.165, 1.54) is 11.1 Å². The molecule has 20 atom stereocenters. The zero-order chi connectivity index (χ0) is 51.1. The zero-order valence-corrected chi connectivity index (χ0v) is 44.0. The molecule has 398 valence electrons. The Morgan fingerprint density at radius 1 is 0.893 bits per heavy atom. The maximum Gasteiger partial charge on any atom is 0.343 e. The van der Waals surface area contributed by atoms with Crippen LogP contribution in [0.1, 0.15) is 99.8 Å². The monoisotopic (exact) mass is 1060 g/mol. The summed E-state index contributed by atoms with van der Waals surface area (Å²) in [4.78, 5) is 19.0. The molecule has 75 heavy (non-hydrogen) atoms. The lowest BCUT2D eigenvalue weighted by Gasteiger charge is -2.70. The predicted octanol–water partition coefficient (Wildman–Crippen LogP) is 7.56. The molecule has 5 aromatic rings. The van der Waals surface area contributed by atoms with Gasteiger partial charge in [-0.25, -0.2) is 4.79 Å². The number of phenols is 1. The molecule has 16 rings (SSSR count). The van der Waals surface area contributed by atoms with Crippen molar-refractivity contribution in [3.8, 4) is 11.5 Å². The van der Waals surface area contributed by atoms with Crippen LogP contribution >= 0.6 is 21.6 Å². The van der Waals surface area contributed by atoms with Crippen molar-refractivity contribution in [3.05, 3.63) is 83.6 Å². The van der Waals surface area contributed by atoms with E-state index >= 15 is 4.79 Å². The summed E-state index contributed by atoms with van der Waals surface area (Å²) in [7, 11) is 5.73. The number of aromatic amines is 1. The number of aliphatic hydroxyl groups is 6. The number of nitrogens with one attached hydrogen (secondary N) is 2. The Bertz CT molecular complexity index is 3160. The third-order valence-corrected chi connectivity index (χ3v) is 25.4. The highest BCUT2D eigenvalue weighted by Gasteiger charge is 2.86. The number of aromatic nitrogens is 1. The first-order valence-corrected chi connectivity index (χ1v) is 30.7. The van der Waals surface area contributed by atoms with Gasteiger partial charge in [0.25, 0.3) is 0 Å². The van der Waals surface area contributed by atoms with Gasteiger partial charge in [-0.2, -0.15) is 0 Å². The molecule has 4 aromatic carbocycles. The van der Waals surface area contributed by atoms with Crippen LogP contribution in [-0.2, 0) is 26.3 Å². The fourth-order valence-electron chi connectivity index (χ4n) is 20.5. The van der Waals surface area contributed by atoms with Crippen LogP contribution in [0, 0.1) is 58.2 Å². The number of benzene rings is 4. The van der Waals surface area contributed by atoms with Crippen molar-refractivity contribution in [3.63, 3.8) is 0 Å². The maximum atomic E-state index is 15.7. The van der Waals surface area contributed by atoms with Gasteiger partial charge in [-0.05, 0) is 182 Å². The lowest BCUT2D eigenvalue weighted by atomic mass is 9.39. The molecule has 0 amide bonds. The summed E-state index contributed by atoms with van der Waals surface area (Å²) in [5.41, 5.74) is -1.41. The highest BCUT2D eigenvalue weighted by Crippen LogP contribution is 2.82. The molecule has 15 heteroatoms. The van der Waals surface area contributed by atoms with E-state index in [-0.39, 0.29) is 59.4 Å². The lowest BCUT2D eigenvalue weighted by Crippen LogP contribution is -2.81. The number of hydrogen-bond donors (Lipinski definition) is 9. The van der Waals surface area contributed by atoms with Gasteiger partial charge in [0.05, 0.1) is 35.4 Å². The molecule has 3 saturated heterocycles. The minimum absolute atomic E-state index is 0.0170. The number of H-pyrrole nitrogens is 1. The van der Waals surface area contributed by atoms with Crippen molar-refractivity contribution >= 4 is 60.0 Å². The van der Waals surface area contributed by atoms with Gasteiger partial charge in [0.1, 0.15) is 18.0 Å². The standard InChI is InChI=1S/C60H70N2O11S2/c1-61-46-28-75-74-27-41-36-13-10-32-21-34-16-18-57(58(34,48(32)36)42-14-12-35(65)23-38(41)42)51(66)40(46)24-39-43-25-56(17-4-8-33(56)9-5-19-63)55(68)60(70)59(43,69)53(72-52(39)57)50(73-60)54(67)71-49-45(26-64)62-44-15-11-31-20-29-6-2-3-7-30(29)22-37(31)47(44)49/h2-3,6-7,11-12,14-15,20,22-23,32-34,36,39-41,43,46,48,50-53,55,61-66,68-70H,4-5,8-10,13,16-19,21,24-28H2,1H3/t32-,33-,34-,36+,39-,40+,41+,43-,46-,48-,50-,51-,52-,53+,55+,56-,57+,58-,59-,60+/m1/s1. The number of hydrogen-bond acceptors (Lipinski definition) is 14. The number of rotatable bonds is 7. The fourth-order valence-corrected chi connectivity index (χ4v) is 23.3. The van der Waals surface area contributed by atoms with E-state index in [4.69, 9.17) is 14.2 Å². The zero-order valence-electron chi connectivity index (χ0n) is 42.4. The normalized spacial score (nSPS) is 44.9. The Hall–Kier alpha value is -3.45. The summed E-state index contributed by atoms with van der Waals surface area (Å²) in [6.45, 7) is -0.496. The largest absolute Gasteiger partial charge is 0.508 e. The Morgan fingerprint density at radius 2 is 1.72 bits per heavy atom. The van der Waals surface area contributed by atoms with Gasteiger partial charge in [-0.3, -0.25) is 0 Å². The van der Waals surface area contributed by atoms with E-state index in [2.05, 4.69) is 28.5 Å². The minimum atomic E-state index is -2.68. The van der Waals surface area contributed by atoms with E-state index < -0.39 is 82.6 Å². The lowest BCUT2D eigenvalue weighted by molar-refractivity contribution is -0.395. The van der Waals surface area contributed by atoms with E-state index in [9.17, 15) is 35.7 Å². The smallest absolute Gasteiger partial charge is 0.343 e. The van der Waals surface area contributed by atoms with Gasteiger partial charge >= 0.3 is 5.97 Å². The van der Waals surface area contributed by atoms with Crippen LogP contribution < -0.4 is 10.1 Å². The second-order valence-electron chi connectivity index (χ2n) is 25.1. The Balaban J connectivity index is 0.938. The summed E-state index contributed by atoms with van der Waals surface area (Å²) >= 11 is 0. The molecular weight excluding hydrogens is 989 g/mol. The summed E-state index contributed by atoms with van der Waals surface area (Å²) in [5, 5.41) is 95.7. The molecule has 5 heterocycles. The number of aromatic hydroxyl groups is 1. The first-order chi connectivity index (χ1) is 36.4. The third kappa shape index (κ3) is 6.03. The molecule has 6 saturated carbocycles. The van der Waals surface area contributed by atoms with Crippen molar-refractivity contribution < 1.29 is 54.8 Å². The van der Waals surface area contributed by atoms with Crippen LogP contribution in [0.15, 0.2) is 66.7 Å². The number of esters is 1. The number of fused-ring (bicyclic) bond motifs is 10. The highest BCUT2D eigenvalue weighted by atomic mass is 33.1. The molecule has 9 N–H and O–H groups in total. The molecule has 4 aliphatic heterocycles. The topological polar surface area (TPSA) is 214 Å². The average Bonchev–Trinajstić information content (AvgIpc) is 4.44. The van der Waals surface area contributed by atoms with Crippen LogP contribution in [0.3, 0.4) is 0 Å². The van der Waals surface area contributed by atoms with Gasteiger partial charge in [0.2, 0.25) is 5.79 Å². The average molecular weight is 1060 g/mol. The second kappa shape index (κ2) is 17.0. The van der Waals surface area contributed by atoms with Crippen molar-refractivity contribution in [1.82, 2.24) is 10.3 Å². The molecule has 7 aliphatic carbocycles. The molecule has 1 aromatic heterocycles. The van der Waals surface area contributed by atoms with Gasteiger partial charge in [0.15, 0.2) is 17.5 Å². The summed E-state index contributed by atoms with van der Waals surface area (Å²) in [5.74, 6) is -1.71. The summed E-state index contributed by atoms with van der Waals surface area (Å²) in [6, 6.07) is 22.0. The summed E-state index contributed by atoms with van der Waals surface area (Å²) in [6.07, 6.45) is 2.37. The van der Waals surface area contributed by atoms with Crippen LogP contribution in [0.4, 0.5) is 0 Å². The number of aliphatic hydroxyl groups excluding tert-OH is 4. The minimum Gasteiger partial charge on any atom is -0.508 e. The maximum absolute atomic E-state index is 15.7.